The molecule has 0 spiro atoms. The summed E-state index contributed by atoms with van der Waals surface area (Å²) in [5.41, 5.74) is 5.58. The summed E-state index contributed by atoms with van der Waals surface area (Å²) in [6.45, 7) is 8.63. The van der Waals surface area contributed by atoms with Gasteiger partial charge in [0.2, 0.25) is 5.95 Å². The highest BCUT2D eigenvalue weighted by Crippen LogP contribution is 2.37. The summed E-state index contributed by atoms with van der Waals surface area (Å²) >= 11 is 0. The number of pyridine rings is 1. The molecule has 5 rings (SSSR count). The Bertz CT molecular complexity index is 1160. The molecule has 0 aromatic carbocycles. The van der Waals surface area contributed by atoms with Crippen LogP contribution in [0.15, 0.2) is 35.6 Å². The lowest BCUT2D eigenvalue weighted by atomic mass is 9.74. The molecule has 1 unspecified atom stereocenters. The van der Waals surface area contributed by atoms with Crippen LogP contribution in [0.5, 0.6) is 0 Å². The summed E-state index contributed by atoms with van der Waals surface area (Å²) in [7, 11) is 0. The van der Waals surface area contributed by atoms with E-state index in [4.69, 9.17) is 9.98 Å². The maximum absolute atomic E-state index is 10.2. The molecule has 0 saturated heterocycles. The smallest absolute Gasteiger partial charge is 0.241 e. The van der Waals surface area contributed by atoms with Crippen molar-refractivity contribution in [3.63, 3.8) is 0 Å². The average molecular weight is 419 g/mol. The summed E-state index contributed by atoms with van der Waals surface area (Å²) in [6.07, 6.45) is 6.97. The van der Waals surface area contributed by atoms with Crippen LogP contribution in [0.1, 0.15) is 52.7 Å². The molecule has 0 radical (unpaired) electrons. The first-order chi connectivity index (χ1) is 14.8. The van der Waals surface area contributed by atoms with Gasteiger partial charge in [0.25, 0.3) is 0 Å². The summed E-state index contributed by atoms with van der Waals surface area (Å²) in [5.74, 6) is 1.57. The molecule has 2 aliphatic rings. The SMILES string of the molecule is CCC1(O)CC(Nc2ncc3c(-c4ccc5c(n4)CC(C(C)C)C(C)=N5)ccn3n2)C1. The predicted molar refractivity (Wildman–Crippen MR) is 123 cm³/mol. The van der Waals surface area contributed by atoms with E-state index in [1.807, 2.05) is 36.0 Å². The van der Waals surface area contributed by atoms with Crippen LogP contribution in [0.3, 0.4) is 0 Å². The molecule has 1 atom stereocenters. The van der Waals surface area contributed by atoms with Crippen LogP contribution in [-0.4, -0.2) is 42.0 Å². The molecule has 31 heavy (non-hydrogen) atoms. The second-order valence-corrected chi connectivity index (χ2v) is 9.44. The number of aliphatic hydroxyl groups is 1. The van der Waals surface area contributed by atoms with Crippen LogP contribution in [0.4, 0.5) is 11.6 Å². The second-order valence-electron chi connectivity index (χ2n) is 9.44. The average Bonchev–Trinajstić information content (AvgIpc) is 3.14. The standard InChI is InChI=1S/C24H30N6O/c1-5-24(31)11-16(12-24)27-23-25-13-22-17(8-9-30(22)29-23)19-6-7-20-21(28-19)10-18(14(2)3)15(4)26-20/h6-9,13-14,16,18,31H,5,10-12H2,1-4H3,(H,27,29). The van der Waals surface area contributed by atoms with Gasteiger partial charge in [-0.1, -0.05) is 20.8 Å². The fraction of sp³-hybridized carbons (Fsp3) is 0.500. The first kappa shape index (κ1) is 20.1. The number of aromatic nitrogens is 4. The van der Waals surface area contributed by atoms with Crippen LogP contribution >= 0.6 is 0 Å². The van der Waals surface area contributed by atoms with Crippen molar-refractivity contribution in [2.75, 3.05) is 5.32 Å². The van der Waals surface area contributed by atoms with Crippen LogP contribution < -0.4 is 5.32 Å². The summed E-state index contributed by atoms with van der Waals surface area (Å²) in [5, 5.41) is 18.2. The van der Waals surface area contributed by atoms with Gasteiger partial charge in [-0.2, -0.15) is 0 Å². The predicted octanol–water partition coefficient (Wildman–Crippen LogP) is 4.43. The van der Waals surface area contributed by atoms with Crippen molar-refractivity contribution in [2.45, 2.75) is 65.0 Å². The van der Waals surface area contributed by atoms with Crippen molar-refractivity contribution in [3.05, 3.63) is 36.3 Å². The second kappa shape index (κ2) is 7.41. The number of nitrogens with zero attached hydrogens (tertiary/aromatic N) is 5. The number of nitrogens with one attached hydrogen (secondary N) is 1. The number of hydrogen-bond donors (Lipinski definition) is 2. The fourth-order valence-electron chi connectivity index (χ4n) is 4.86. The van der Waals surface area contributed by atoms with Gasteiger partial charge in [-0.25, -0.2) is 9.50 Å². The number of rotatable bonds is 5. The third-order valence-corrected chi connectivity index (χ3v) is 6.94. The molecular formula is C24H30N6O. The Hall–Kier alpha value is -2.80. The largest absolute Gasteiger partial charge is 0.390 e. The Morgan fingerprint density at radius 2 is 2.06 bits per heavy atom. The van der Waals surface area contributed by atoms with E-state index >= 15 is 0 Å². The van der Waals surface area contributed by atoms with Gasteiger partial charge in [0, 0.05) is 35.9 Å². The van der Waals surface area contributed by atoms with E-state index in [1.54, 1.807) is 0 Å². The molecule has 1 saturated carbocycles. The summed E-state index contributed by atoms with van der Waals surface area (Å²) in [4.78, 5) is 14.3. The zero-order valence-electron chi connectivity index (χ0n) is 18.6. The quantitative estimate of drug-likeness (QED) is 0.640. The van der Waals surface area contributed by atoms with Gasteiger partial charge in [0.15, 0.2) is 0 Å². The van der Waals surface area contributed by atoms with Gasteiger partial charge in [-0.05, 0) is 50.3 Å². The van der Waals surface area contributed by atoms with Crippen LogP contribution in [-0.2, 0) is 6.42 Å². The number of hydrogen-bond acceptors (Lipinski definition) is 6. The molecule has 1 aliphatic carbocycles. The lowest BCUT2D eigenvalue weighted by Crippen LogP contribution is -2.50. The maximum Gasteiger partial charge on any atom is 0.241 e. The van der Waals surface area contributed by atoms with E-state index < -0.39 is 5.60 Å². The third kappa shape index (κ3) is 3.61. The Labute approximate surface area is 182 Å². The van der Waals surface area contributed by atoms with Gasteiger partial charge < -0.3 is 10.4 Å². The minimum Gasteiger partial charge on any atom is -0.390 e. The molecule has 1 aliphatic heterocycles. The van der Waals surface area contributed by atoms with E-state index in [0.717, 1.165) is 53.8 Å². The van der Waals surface area contributed by atoms with Gasteiger partial charge >= 0.3 is 0 Å². The molecule has 0 bridgehead atoms. The van der Waals surface area contributed by atoms with Crippen LogP contribution in [0.2, 0.25) is 0 Å². The summed E-state index contributed by atoms with van der Waals surface area (Å²) in [6, 6.07) is 6.37. The normalized spacial score (nSPS) is 25.3. The fourth-order valence-corrected chi connectivity index (χ4v) is 4.86. The Balaban J connectivity index is 1.40. The third-order valence-electron chi connectivity index (χ3n) is 6.94. The topological polar surface area (TPSA) is 87.7 Å². The highest BCUT2D eigenvalue weighted by atomic mass is 16.3. The Morgan fingerprint density at radius 1 is 1.26 bits per heavy atom. The van der Waals surface area contributed by atoms with Crippen molar-refractivity contribution < 1.29 is 5.11 Å². The minimum absolute atomic E-state index is 0.220. The van der Waals surface area contributed by atoms with Gasteiger partial charge in [0.05, 0.1) is 34.4 Å². The molecule has 3 aromatic rings. The van der Waals surface area contributed by atoms with E-state index in [1.165, 1.54) is 5.71 Å². The number of anilines is 1. The Morgan fingerprint density at radius 3 is 2.81 bits per heavy atom. The highest BCUT2D eigenvalue weighted by molar-refractivity contribution is 5.89. The van der Waals surface area contributed by atoms with Crippen LogP contribution in [0.25, 0.3) is 16.8 Å². The molecule has 7 heteroatoms. The highest BCUT2D eigenvalue weighted by Gasteiger charge is 2.41. The van der Waals surface area contributed by atoms with Gasteiger partial charge in [-0.15, -0.1) is 5.10 Å². The van der Waals surface area contributed by atoms with E-state index in [2.05, 4.69) is 42.2 Å². The summed E-state index contributed by atoms with van der Waals surface area (Å²) < 4.78 is 1.84. The molecule has 0 amide bonds. The van der Waals surface area contributed by atoms with E-state index in [0.29, 0.717) is 17.8 Å². The first-order valence-corrected chi connectivity index (χ1v) is 11.2. The lowest BCUT2D eigenvalue weighted by molar-refractivity contribution is -0.0442. The van der Waals surface area contributed by atoms with Gasteiger partial charge in [-0.3, -0.25) is 9.98 Å². The Kier molecular flexibility index (Phi) is 4.81. The molecule has 162 valence electrons. The molecular weight excluding hydrogens is 388 g/mol. The maximum atomic E-state index is 10.2. The van der Waals surface area contributed by atoms with Crippen molar-refractivity contribution >= 4 is 22.9 Å². The molecule has 3 aromatic heterocycles. The molecule has 2 N–H and O–H groups in total. The minimum atomic E-state index is -0.530. The van der Waals surface area contributed by atoms with Gasteiger partial charge in [0.1, 0.15) is 0 Å². The molecule has 4 heterocycles. The van der Waals surface area contributed by atoms with Crippen molar-refractivity contribution in [3.8, 4) is 11.3 Å². The number of fused-ring (bicyclic) bond motifs is 2. The number of aliphatic imine (C=N–C) groups is 1. The zero-order chi connectivity index (χ0) is 21.8. The van der Waals surface area contributed by atoms with Crippen molar-refractivity contribution in [1.29, 1.82) is 0 Å². The monoisotopic (exact) mass is 418 g/mol. The van der Waals surface area contributed by atoms with Crippen LogP contribution in [0, 0.1) is 11.8 Å². The van der Waals surface area contributed by atoms with Crippen molar-refractivity contribution in [1.82, 2.24) is 19.6 Å². The zero-order valence-corrected chi connectivity index (χ0v) is 18.6. The van der Waals surface area contributed by atoms with Crippen molar-refractivity contribution in [2.24, 2.45) is 16.8 Å². The first-order valence-electron chi connectivity index (χ1n) is 11.2. The van der Waals surface area contributed by atoms with E-state index in [9.17, 15) is 5.11 Å². The lowest BCUT2D eigenvalue weighted by Gasteiger charge is -2.43. The van der Waals surface area contributed by atoms with E-state index in [-0.39, 0.29) is 6.04 Å². The molecule has 1 fully saturated rings. The molecule has 7 nitrogen and oxygen atoms in total.